The number of carbonyl (C=O) groups is 2. The first-order valence-corrected chi connectivity index (χ1v) is 14.6. The predicted molar refractivity (Wildman–Crippen MR) is 168 cm³/mol. The number of ether oxygens (including phenoxy) is 1. The highest BCUT2D eigenvalue weighted by molar-refractivity contribution is 6.06. The lowest BCUT2D eigenvalue weighted by Gasteiger charge is -2.31. The number of aromatic hydroxyl groups is 1. The highest BCUT2D eigenvalue weighted by Crippen LogP contribution is 2.39. The monoisotopic (exact) mass is 558 g/mol. The summed E-state index contributed by atoms with van der Waals surface area (Å²) in [6.45, 7) is 18.9. The van der Waals surface area contributed by atoms with Crippen LogP contribution in [-0.4, -0.2) is 23.0 Å². The van der Waals surface area contributed by atoms with Crippen LogP contribution in [0.4, 0.5) is 11.4 Å². The molecule has 0 fully saturated rings. The van der Waals surface area contributed by atoms with Gasteiger partial charge in [0, 0.05) is 16.8 Å². The lowest BCUT2D eigenvalue weighted by molar-refractivity contribution is -0.122. The molecule has 1 unspecified atom stereocenters. The van der Waals surface area contributed by atoms with Crippen molar-refractivity contribution in [2.45, 2.75) is 98.5 Å². The molecule has 3 rings (SSSR count). The summed E-state index contributed by atoms with van der Waals surface area (Å²) < 4.78 is 6.39. The standard InChI is InChI=1S/C35H46N2O4/c1-10-29(41-30-19-17-25(34(6,7)11-2)21-27(30)35(8,9)12-3)33(40)36-26-15-13-14-24(20-26)32(39)37-28-18-16-22(4)23(5)31(28)38/h13-21,29,38H,10-12H2,1-9H3,(H,36,40)(H,37,39). The Hall–Kier alpha value is -3.80. The molecular weight excluding hydrogens is 512 g/mol. The van der Waals surface area contributed by atoms with Crippen molar-refractivity contribution in [1.29, 1.82) is 0 Å². The molecule has 220 valence electrons. The zero-order valence-corrected chi connectivity index (χ0v) is 26.1. The van der Waals surface area contributed by atoms with Crippen LogP contribution >= 0.6 is 0 Å². The Labute approximate surface area is 245 Å². The molecule has 2 amide bonds. The fourth-order valence-electron chi connectivity index (χ4n) is 4.51. The Morgan fingerprint density at radius 3 is 2.20 bits per heavy atom. The molecule has 3 aromatic rings. The van der Waals surface area contributed by atoms with Crippen molar-refractivity contribution in [2.75, 3.05) is 10.6 Å². The minimum Gasteiger partial charge on any atom is -0.505 e. The van der Waals surface area contributed by atoms with Crippen molar-refractivity contribution in [1.82, 2.24) is 0 Å². The molecule has 3 N–H and O–H groups in total. The molecule has 0 aliphatic carbocycles. The number of aryl methyl sites for hydroxylation is 1. The number of hydrogen-bond donors (Lipinski definition) is 3. The zero-order chi connectivity index (χ0) is 30.5. The number of benzene rings is 3. The lowest BCUT2D eigenvalue weighted by atomic mass is 9.76. The maximum Gasteiger partial charge on any atom is 0.265 e. The van der Waals surface area contributed by atoms with Crippen molar-refractivity contribution in [3.05, 3.63) is 82.4 Å². The second-order valence-electron chi connectivity index (χ2n) is 12.1. The third-order valence-electron chi connectivity index (χ3n) is 8.53. The number of phenolic OH excluding ortho intramolecular Hbond substituents is 1. The van der Waals surface area contributed by atoms with Crippen molar-refractivity contribution in [2.24, 2.45) is 0 Å². The second kappa shape index (κ2) is 12.8. The summed E-state index contributed by atoms with van der Waals surface area (Å²) in [6.07, 6.45) is 1.71. The summed E-state index contributed by atoms with van der Waals surface area (Å²) in [5.74, 6) is 0.0954. The van der Waals surface area contributed by atoms with E-state index in [1.807, 2.05) is 26.0 Å². The first kappa shape index (κ1) is 31.7. The minimum absolute atomic E-state index is 0.0347. The normalized spacial score (nSPS) is 12.5. The van der Waals surface area contributed by atoms with Crippen molar-refractivity contribution >= 4 is 23.2 Å². The highest BCUT2D eigenvalue weighted by atomic mass is 16.5. The van der Waals surface area contributed by atoms with E-state index in [0.717, 1.165) is 29.7 Å². The van der Waals surface area contributed by atoms with Crippen LogP contribution in [0.2, 0.25) is 0 Å². The molecule has 6 nitrogen and oxygen atoms in total. The van der Waals surface area contributed by atoms with E-state index in [4.69, 9.17) is 4.74 Å². The molecule has 0 saturated heterocycles. The molecule has 0 spiro atoms. The van der Waals surface area contributed by atoms with E-state index in [1.54, 1.807) is 37.3 Å². The van der Waals surface area contributed by atoms with E-state index >= 15 is 0 Å². The van der Waals surface area contributed by atoms with Gasteiger partial charge in [-0.2, -0.15) is 0 Å². The van der Waals surface area contributed by atoms with Crippen LogP contribution in [0.3, 0.4) is 0 Å². The maximum atomic E-state index is 13.4. The van der Waals surface area contributed by atoms with Gasteiger partial charge in [0.25, 0.3) is 11.8 Å². The van der Waals surface area contributed by atoms with E-state index in [1.165, 1.54) is 5.56 Å². The van der Waals surface area contributed by atoms with Gasteiger partial charge in [-0.15, -0.1) is 0 Å². The summed E-state index contributed by atoms with van der Waals surface area (Å²) in [4.78, 5) is 26.3. The van der Waals surface area contributed by atoms with Gasteiger partial charge in [-0.1, -0.05) is 72.7 Å². The first-order valence-electron chi connectivity index (χ1n) is 14.6. The van der Waals surface area contributed by atoms with Gasteiger partial charge < -0.3 is 20.5 Å². The van der Waals surface area contributed by atoms with Gasteiger partial charge in [-0.3, -0.25) is 9.59 Å². The van der Waals surface area contributed by atoms with Crippen molar-refractivity contribution in [3.63, 3.8) is 0 Å². The Morgan fingerprint density at radius 2 is 1.56 bits per heavy atom. The lowest BCUT2D eigenvalue weighted by Crippen LogP contribution is -2.33. The van der Waals surface area contributed by atoms with Gasteiger partial charge >= 0.3 is 0 Å². The first-order chi connectivity index (χ1) is 19.2. The number of carbonyl (C=O) groups excluding carboxylic acids is 2. The number of rotatable bonds is 11. The second-order valence-corrected chi connectivity index (χ2v) is 12.1. The van der Waals surface area contributed by atoms with Crippen LogP contribution in [0.5, 0.6) is 11.5 Å². The average Bonchev–Trinajstić information content (AvgIpc) is 2.96. The quantitative estimate of drug-likeness (QED) is 0.206. The fraction of sp³-hybridized carbons (Fsp3) is 0.429. The van der Waals surface area contributed by atoms with Gasteiger partial charge in [0.2, 0.25) is 0 Å². The molecule has 6 heteroatoms. The van der Waals surface area contributed by atoms with E-state index in [9.17, 15) is 14.7 Å². The van der Waals surface area contributed by atoms with Crippen LogP contribution in [-0.2, 0) is 15.6 Å². The summed E-state index contributed by atoms with van der Waals surface area (Å²) in [5.41, 5.74) is 5.09. The Bertz CT molecular complexity index is 1410. The summed E-state index contributed by atoms with van der Waals surface area (Å²) in [5, 5.41) is 16.1. The third-order valence-corrected chi connectivity index (χ3v) is 8.53. The molecular formula is C35H46N2O4. The number of phenols is 1. The van der Waals surface area contributed by atoms with Crippen LogP contribution in [0.1, 0.15) is 100 Å². The van der Waals surface area contributed by atoms with Gasteiger partial charge in [0.05, 0.1) is 5.69 Å². The molecule has 0 aromatic heterocycles. The number of anilines is 2. The van der Waals surface area contributed by atoms with E-state index < -0.39 is 6.10 Å². The molecule has 0 aliphatic rings. The van der Waals surface area contributed by atoms with Crippen molar-refractivity contribution in [3.8, 4) is 11.5 Å². The average molecular weight is 559 g/mol. The van der Waals surface area contributed by atoms with Crippen LogP contribution in [0.25, 0.3) is 0 Å². The van der Waals surface area contributed by atoms with E-state index in [-0.39, 0.29) is 28.4 Å². The fourth-order valence-corrected chi connectivity index (χ4v) is 4.51. The molecule has 0 aliphatic heterocycles. The smallest absolute Gasteiger partial charge is 0.265 e. The number of amides is 2. The number of nitrogens with one attached hydrogen (secondary N) is 2. The van der Waals surface area contributed by atoms with Crippen LogP contribution in [0, 0.1) is 13.8 Å². The molecule has 0 heterocycles. The van der Waals surface area contributed by atoms with Crippen LogP contribution in [0.15, 0.2) is 54.6 Å². The molecule has 1 atom stereocenters. The van der Waals surface area contributed by atoms with E-state index in [0.29, 0.717) is 28.9 Å². The maximum absolute atomic E-state index is 13.4. The largest absolute Gasteiger partial charge is 0.505 e. The Morgan fingerprint density at radius 1 is 0.878 bits per heavy atom. The topological polar surface area (TPSA) is 87.7 Å². The summed E-state index contributed by atoms with van der Waals surface area (Å²) in [6, 6.07) is 16.6. The number of hydrogen-bond acceptors (Lipinski definition) is 4. The van der Waals surface area contributed by atoms with Gasteiger partial charge in [0.15, 0.2) is 6.10 Å². The summed E-state index contributed by atoms with van der Waals surface area (Å²) in [7, 11) is 0. The third kappa shape index (κ3) is 7.29. The SMILES string of the molecule is CCC(Oc1ccc(C(C)(C)CC)cc1C(C)(C)CC)C(=O)Nc1cccc(C(=O)Nc2ccc(C)c(C)c2O)c1. The minimum atomic E-state index is -0.712. The highest BCUT2D eigenvalue weighted by Gasteiger charge is 2.29. The van der Waals surface area contributed by atoms with Gasteiger partial charge in [-0.25, -0.2) is 0 Å². The molecule has 41 heavy (non-hydrogen) atoms. The van der Waals surface area contributed by atoms with Crippen LogP contribution < -0.4 is 15.4 Å². The Kier molecular flexibility index (Phi) is 9.90. The van der Waals surface area contributed by atoms with Crippen molar-refractivity contribution < 1.29 is 19.4 Å². The molecule has 3 aromatic carbocycles. The van der Waals surface area contributed by atoms with E-state index in [2.05, 4.69) is 64.3 Å². The molecule has 0 radical (unpaired) electrons. The molecule has 0 bridgehead atoms. The Balaban J connectivity index is 1.81. The predicted octanol–water partition coefficient (Wildman–Crippen LogP) is 8.43. The van der Waals surface area contributed by atoms with Gasteiger partial charge in [0.1, 0.15) is 11.5 Å². The summed E-state index contributed by atoms with van der Waals surface area (Å²) >= 11 is 0. The molecule has 0 saturated carbocycles. The zero-order valence-electron chi connectivity index (χ0n) is 26.1. The van der Waals surface area contributed by atoms with Gasteiger partial charge in [-0.05, 0) is 91.0 Å².